The largest absolute Gasteiger partial charge is 0.481 e. The highest BCUT2D eigenvalue weighted by Crippen LogP contribution is 2.27. The van der Waals surface area contributed by atoms with Gasteiger partial charge in [-0.25, -0.2) is 9.78 Å². The van der Waals surface area contributed by atoms with Crippen molar-refractivity contribution in [2.24, 2.45) is 0 Å². The van der Waals surface area contributed by atoms with Crippen LogP contribution in [0.4, 0.5) is 0 Å². The fourth-order valence-electron chi connectivity index (χ4n) is 2.84. The summed E-state index contributed by atoms with van der Waals surface area (Å²) >= 11 is 5.99. The Labute approximate surface area is 161 Å². The second kappa shape index (κ2) is 7.80. The molecule has 0 unspecified atom stereocenters. The number of ether oxygens (including phenoxy) is 2. The number of rotatable bonds is 5. The number of benzene rings is 2. The Morgan fingerprint density at radius 3 is 2.59 bits per heavy atom. The van der Waals surface area contributed by atoms with E-state index in [4.69, 9.17) is 21.1 Å². The SMILES string of the molecule is Cc1cc(Cl)cc(C)c1OCC(=O)O[C@@H](C)c1nc2ccccc2c(=O)[nH]1. The lowest BCUT2D eigenvalue weighted by Crippen LogP contribution is -2.21. The summed E-state index contributed by atoms with van der Waals surface area (Å²) in [6.07, 6.45) is -0.717. The van der Waals surface area contributed by atoms with E-state index in [1.165, 1.54) is 0 Å². The van der Waals surface area contributed by atoms with Crippen molar-refractivity contribution in [3.63, 3.8) is 0 Å². The maximum absolute atomic E-state index is 12.1. The molecule has 0 aliphatic heterocycles. The molecular formula is C20H19ClN2O4. The predicted octanol–water partition coefficient (Wildman–Crippen LogP) is 3.88. The van der Waals surface area contributed by atoms with Crippen molar-refractivity contribution >= 4 is 28.5 Å². The van der Waals surface area contributed by atoms with Crippen LogP contribution in [-0.2, 0) is 9.53 Å². The average molecular weight is 387 g/mol. The van der Waals surface area contributed by atoms with Crippen LogP contribution in [0.1, 0.15) is 30.0 Å². The number of aromatic nitrogens is 2. The van der Waals surface area contributed by atoms with Crippen LogP contribution >= 0.6 is 11.6 Å². The number of esters is 1. The van der Waals surface area contributed by atoms with E-state index in [1.807, 2.05) is 13.8 Å². The number of nitrogens with one attached hydrogen (secondary N) is 1. The average Bonchev–Trinajstić information content (AvgIpc) is 2.60. The summed E-state index contributed by atoms with van der Waals surface area (Å²) in [5, 5.41) is 1.09. The summed E-state index contributed by atoms with van der Waals surface area (Å²) in [5.74, 6) is 0.319. The lowest BCUT2D eigenvalue weighted by molar-refractivity contribution is -0.151. The van der Waals surface area contributed by atoms with Crippen molar-refractivity contribution in [3.05, 3.63) is 68.7 Å². The molecule has 0 amide bonds. The van der Waals surface area contributed by atoms with Gasteiger partial charge in [-0.1, -0.05) is 23.7 Å². The van der Waals surface area contributed by atoms with E-state index >= 15 is 0 Å². The summed E-state index contributed by atoms with van der Waals surface area (Å²) in [6, 6.07) is 10.5. The van der Waals surface area contributed by atoms with Crippen molar-refractivity contribution < 1.29 is 14.3 Å². The minimum absolute atomic E-state index is 0.258. The van der Waals surface area contributed by atoms with Gasteiger partial charge in [0.1, 0.15) is 5.75 Å². The molecule has 3 rings (SSSR count). The van der Waals surface area contributed by atoms with Crippen LogP contribution in [-0.4, -0.2) is 22.5 Å². The van der Waals surface area contributed by atoms with Crippen LogP contribution in [0.2, 0.25) is 5.02 Å². The number of hydrogen-bond donors (Lipinski definition) is 1. The van der Waals surface area contributed by atoms with Gasteiger partial charge in [0.05, 0.1) is 10.9 Å². The van der Waals surface area contributed by atoms with Gasteiger partial charge in [0.25, 0.3) is 5.56 Å². The highest BCUT2D eigenvalue weighted by molar-refractivity contribution is 6.30. The number of hydrogen-bond acceptors (Lipinski definition) is 5. The summed E-state index contributed by atoms with van der Waals surface area (Å²) in [7, 11) is 0. The van der Waals surface area contributed by atoms with Crippen LogP contribution in [0.15, 0.2) is 41.2 Å². The third-order valence-corrected chi connectivity index (χ3v) is 4.30. The zero-order valence-electron chi connectivity index (χ0n) is 15.2. The van der Waals surface area contributed by atoms with E-state index in [2.05, 4.69) is 9.97 Å². The molecule has 140 valence electrons. The number of para-hydroxylation sites is 1. The Bertz CT molecular complexity index is 1040. The third-order valence-electron chi connectivity index (χ3n) is 4.08. The smallest absolute Gasteiger partial charge is 0.344 e. The quantitative estimate of drug-likeness (QED) is 0.673. The lowest BCUT2D eigenvalue weighted by atomic mass is 10.1. The number of carbonyl (C=O) groups is 1. The minimum atomic E-state index is -0.717. The Hall–Kier alpha value is -2.86. The number of fused-ring (bicyclic) bond motifs is 1. The zero-order valence-corrected chi connectivity index (χ0v) is 16.0. The Balaban J connectivity index is 1.69. The summed E-state index contributed by atoms with van der Waals surface area (Å²) in [6.45, 7) is 5.09. The zero-order chi connectivity index (χ0) is 19.6. The van der Waals surface area contributed by atoms with E-state index in [-0.39, 0.29) is 18.0 Å². The fraction of sp³-hybridized carbons (Fsp3) is 0.250. The van der Waals surface area contributed by atoms with Crippen molar-refractivity contribution in [3.8, 4) is 5.75 Å². The minimum Gasteiger partial charge on any atom is -0.481 e. The Morgan fingerprint density at radius 1 is 1.22 bits per heavy atom. The van der Waals surface area contributed by atoms with Crippen molar-refractivity contribution in [1.82, 2.24) is 9.97 Å². The monoisotopic (exact) mass is 386 g/mol. The van der Waals surface area contributed by atoms with Gasteiger partial charge in [-0.2, -0.15) is 0 Å². The molecule has 3 aromatic rings. The molecule has 1 heterocycles. The normalized spacial score (nSPS) is 12.0. The van der Waals surface area contributed by atoms with E-state index in [0.717, 1.165) is 11.1 Å². The van der Waals surface area contributed by atoms with E-state index in [0.29, 0.717) is 21.7 Å². The second-order valence-electron chi connectivity index (χ2n) is 6.26. The predicted molar refractivity (Wildman–Crippen MR) is 103 cm³/mol. The topological polar surface area (TPSA) is 81.3 Å². The number of H-pyrrole nitrogens is 1. The summed E-state index contributed by atoms with van der Waals surface area (Å²) < 4.78 is 10.9. The van der Waals surface area contributed by atoms with Crippen LogP contribution in [0, 0.1) is 13.8 Å². The Morgan fingerprint density at radius 2 is 1.89 bits per heavy atom. The molecule has 0 spiro atoms. The highest BCUT2D eigenvalue weighted by Gasteiger charge is 2.17. The molecular weight excluding hydrogens is 368 g/mol. The van der Waals surface area contributed by atoms with Gasteiger partial charge in [-0.05, 0) is 56.2 Å². The molecule has 2 aromatic carbocycles. The molecule has 0 bridgehead atoms. The maximum Gasteiger partial charge on any atom is 0.344 e. The van der Waals surface area contributed by atoms with Crippen molar-refractivity contribution in [1.29, 1.82) is 0 Å². The molecule has 7 heteroatoms. The van der Waals surface area contributed by atoms with Gasteiger partial charge in [-0.3, -0.25) is 4.79 Å². The molecule has 1 aromatic heterocycles. The first-order chi connectivity index (χ1) is 12.8. The Kier molecular flexibility index (Phi) is 5.46. The van der Waals surface area contributed by atoms with Gasteiger partial charge >= 0.3 is 5.97 Å². The van der Waals surface area contributed by atoms with Crippen molar-refractivity contribution in [2.45, 2.75) is 26.9 Å². The first-order valence-electron chi connectivity index (χ1n) is 8.43. The standard InChI is InChI=1S/C20H19ClN2O4/c1-11-8-14(21)9-12(2)18(11)26-10-17(24)27-13(3)19-22-16-7-5-4-6-15(16)20(25)23-19/h4-9,13H,10H2,1-3H3,(H,22,23,25)/t13-/m0/s1. The van der Waals surface area contributed by atoms with E-state index in [9.17, 15) is 9.59 Å². The summed E-state index contributed by atoms with van der Waals surface area (Å²) in [4.78, 5) is 31.3. The van der Waals surface area contributed by atoms with Gasteiger partial charge in [0, 0.05) is 5.02 Å². The van der Waals surface area contributed by atoms with Crippen LogP contribution in [0.5, 0.6) is 5.75 Å². The van der Waals surface area contributed by atoms with Gasteiger partial charge in [-0.15, -0.1) is 0 Å². The molecule has 0 aliphatic carbocycles. The fourth-order valence-corrected chi connectivity index (χ4v) is 3.17. The number of nitrogens with zero attached hydrogens (tertiary/aromatic N) is 1. The molecule has 0 radical (unpaired) electrons. The first kappa shape index (κ1) is 18.9. The first-order valence-corrected chi connectivity index (χ1v) is 8.81. The number of halogens is 1. The van der Waals surface area contributed by atoms with Crippen molar-refractivity contribution in [2.75, 3.05) is 6.61 Å². The van der Waals surface area contributed by atoms with Crippen LogP contribution in [0.3, 0.4) is 0 Å². The van der Waals surface area contributed by atoms with Gasteiger partial charge < -0.3 is 14.5 Å². The second-order valence-corrected chi connectivity index (χ2v) is 6.69. The van der Waals surface area contributed by atoms with E-state index in [1.54, 1.807) is 43.3 Å². The molecule has 0 aliphatic rings. The van der Waals surface area contributed by atoms with Crippen LogP contribution in [0.25, 0.3) is 10.9 Å². The summed E-state index contributed by atoms with van der Waals surface area (Å²) in [5.41, 5.74) is 1.94. The molecule has 0 fully saturated rings. The number of aryl methyl sites for hydroxylation is 2. The molecule has 1 N–H and O–H groups in total. The maximum atomic E-state index is 12.1. The van der Waals surface area contributed by atoms with E-state index < -0.39 is 12.1 Å². The molecule has 6 nitrogen and oxygen atoms in total. The highest BCUT2D eigenvalue weighted by atomic mass is 35.5. The number of carbonyl (C=O) groups excluding carboxylic acids is 1. The van der Waals surface area contributed by atoms with Crippen LogP contribution < -0.4 is 10.3 Å². The molecule has 1 atom stereocenters. The number of aromatic amines is 1. The molecule has 27 heavy (non-hydrogen) atoms. The molecule has 0 saturated carbocycles. The lowest BCUT2D eigenvalue weighted by Gasteiger charge is -2.15. The van der Waals surface area contributed by atoms with Gasteiger partial charge in [0.15, 0.2) is 18.5 Å². The third kappa shape index (κ3) is 4.28. The van der Waals surface area contributed by atoms with Gasteiger partial charge in [0.2, 0.25) is 0 Å². The molecule has 0 saturated heterocycles.